The fourth-order valence-electron chi connectivity index (χ4n) is 1.72. The first-order valence-corrected chi connectivity index (χ1v) is 6.40. The highest BCUT2D eigenvalue weighted by molar-refractivity contribution is 6.67. The average Bonchev–Trinajstić information content (AvgIpc) is 2.46. The van der Waals surface area contributed by atoms with Gasteiger partial charge in [0.1, 0.15) is 11.6 Å². The molecule has 0 radical (unpaired) electrons. The maximum atomic E-state index is 13.0. The van der Waals surface area contributed by atoms with Crippen molar-refractivity contribution in [1.29, 1.82) is 0 Å². The summed E-state index contributed by atoms with van der Waals surface area (Å²) in [6.07, 6.45) is -3.84. The molecule has 120 valence electrons. The molecule has 0 saturated heterocycles. The van der Waals surface area contributed by atoms with E-state index in [9.17, 15) is 27.2 Å². The number of carbonyl (C=O) groups excluding carboxylic acids is 2. The first kappa shape index (κ1) is 16.9. The molecule has 23 heavy (non-hydrogen) atoms. The van der Waals surface area contributed by atoms with Gasteiger partial charge in [0.25, 0.3) is 11.1 Å². The number of aromatic nitrogens is 1. The molecule has 1 amide bonds. The van der Waals surface area contributed by atoms with Gasteiger partial charge in [-0.05, 0) is 41.9 Å². The summed E-state index contributed by atoms with van der Waals surface area (Å²) in [5.41, 5.74) is -2.09. The van der Waals surface area contributed by atoms with Crippen LogP contribution < -0.4 is 5.32 Å². The summed E-state index contributed by atoms with van der Waals surface area (Å²) >= 11 is 5.22. The number of hydrogen-bond acceptors (Lipinski definition) is 3. The Hall–Kier alpha value is -2.48. The molecule has 9 heteroatoms. The molecule has 4 nitrogen and oxygen atoms in total. The van der Waals surface area contributed by atoms with Crippen LogP contribution in [0.1, 0.15) is 26.3 Å². The largest absolute Gasteiger partial charge is 0.417 e. The van der Waals surface area contributed by atoms with Crippen molar-refractivity contribution in [3.8, 4) is 0 Å². The molecule has 1 heterocycles. The molecular formula is C14H7ClF4N2O2. The number of anilines is 1. The van der Waals surface area contributed by atoms with Crippen molar-refractivity contribution in [3.05, 3.63) is 59.0 Å². The second kappa shape index (κ2) is 6.33. The van der Waals surface area contributed by atoms with Gasteiger partial charge in [-0.2, -0.15) is 13.2 Å². The number of alkyl halides is 3. The molecule has 0 saturated carbocycles. The number of rotatable bonds is 3. The van der Waals surface area contributed by atoms with E-state index in [-0.39, 0.29) is 17.4 Å². The van der Waals surface area contributed by atoms with E-state index in [1.54, 1.807) is 0 Å². The van der Waals surface area contributed by atoms with Crippen LogP contribution in [-0.2, 0) is 6.18 Å². The van der Waals surface area contributed by atoms with Gasteiger partial charge in [-0.15, -0.1) is 0 Å². The minimum absolute atomic E-state index is 0.0578. The standard InChI is InChI=1S/C14H7ClF4N2O2/c15-12(22)7-1-4-11(20-6-7)21-13(23)9-3-2-8(16)5-10(9)14(17,18)19/h1-6H,(H,20,21,23). The van der Waals surface area contributed by atoms with E-state index in [1.807, 2.05) is 0 Å². The molecule has 0 aliphatic rings. The number of nitrogens with zero attached hydrogens (tertiary/aromatic N) is 1. The Labute approximate surface area is 132 Å². The number of hydrogen-bond donors (Lipinski definition) is 1. The van der Waals surface area contributed by atoms with Gasteiger partial charge in [0.2, 0.25) is 0 Å². The monoisotopic (exact) mass is 346 g/mol. The number of amides is 1. The van der Waals surface area contributed by atoms with Crippen molar-refractivity contribution in [1.82, 2.24) is 4.98 Å². The minimum Gasteiger partial charge on any atom is -0.307 e. The smallest absolute Gasteiger partial charge is 0.307 e. The van der Waals surface area contributed by atoms with E-state index in [0.717, 1.165) is 18.3 Å². The lowest BCUT2D eigenvalue weighted by Gasteiger charge is -2.12. The molecule has 2 rings (SSSR count). The molecular weight excluding hydrogens is 340 g/mol. The highest BCUT2D eigenvalue weighted by Gasteiger charge is 2.35. The second-order valence-corrected chi connectivity index (χ2v) is 4.69. The summed E-state index contributed by atoms with van der Waals surface area (Å²) in [5, 5.41) is 1.36. The van der Waals surface area contributed by atoms with E-state index in [0.29, 0.717) is 0 Å². The van der Waals surface area contributed by atoms with Crippen LogP contribution in [0.3, 0.4) is 0 Å². The summed E-state index contributed by atoms with van der Waals surface area (Å²) in [4.78, 5) is 26.5. The van der Waals surface area contributed by atoms with Crippen LogP contribution in [0.25, 0.3) is 0 Å². The number of pyridine rings is 1. The van der Waals surface area contributed by atoms with Gasteiger partial charge in [-0.3, -0.25) is 9.59 Å². The number of nitrogens with one attached hydrogen (secondary N) is 1. The van der Waals surface area contributed by atoms with E-state index in [4.69, 9.17) is 11.6 Å². The zero-order chi connectivity index (χ0) is 17.2. The highest BCUT2D eigenvalue weighted by atomic mass is 35.5. The number of carbonyl (C=O) groups is 2. The van der Waals surface area contributed by atoms with E-state index >= 15 is 0 Å². The van der Waals surface area contributed by atoms with Gasteiger partial charge in [-0.1, -0.05) is 0 Å². The Morgan fingerprint density at radius 3 is 2.35 bits per heavy atom. The SMILES string of the molecule is O=C(Cl)c1ccc(NC(=O)c2ccc(F)cc2C(F)(F)F)nc1. The van der Waals surface area contributed by atoms with Gasteiger partial charge >= 0.3 is 6.18 Å². The lowest BCUT2D eigenvalue weighted by atomic mass is 10.1. The average molecular weight is 347 g/mol. The molecule has 0 aliphatic carbocycles. The van der Waals surface area contributed by atoms with Crippen LogP contribution in [0.5, 0.6) is 0 Å². The maximum absolute atomic E-state index is 13.0. The van der Waals surface area contributed by atoms with Crippen LogP contribution in [0, 0.1) is 5.82 Å². The van der Waals surface area contributed by atoms with Crippen molar-refractivity contribution >= 4 is 28.6 Å². The molecule has 1 N–H and O–H groups in total. The van der Waals surface area contributed by atoms with Crippen molar-refractivity contribution in [2.45, 2.75) is 6.18 Å². The Bertz CT molecular complexity index is 760. The van der Waals surface area contributed by atoms with Gasteiger partial charge in [0, 0.05) is 6.20 Å². The van der Waals surface area contributed by atoms with Gasteiger partial charge in [0.15, 0.2) is 0 Å². The first-order chi connectivity index (χ1) is 10.7. The molecule has 0 atom stereocenters. The maximum Gasteiger partial charge on any atom is 0.417 e. The molecule has 0 spiro atoms. The molecule has 0 bridgehead atoms. The topological polar surface area (TPSA) is 59.1 Å². The molecule has 0 fully saturated rings. The van der Waals surface area contributed by atoms with Crippen LogP contribution >= 0.6 is 11.6 Å². The summed E-state index contributed by atoms with van der Waals surface area (Å²) in [6.45, 7) is 0. The third-order valence-corrected chi connectivity index (χ3v) is 2.98. The molecule has 1 aromatic carbocycles. The molecule has 0 aliphatic heterocycles. The lowest BCUT2D eigenvalue weighted by Crippen LogP contribution is -2.19. The molecule has 2 aromatic rings. The minimum atomic E-state index is -4.89. The fourth-order valence-corrected chi connectivity index (χ4v) is 1.83. The van der Waals surface area contributed by atoms with Gasteiger partial charge < -0.3 is 5.32 Å². The predicted octanol–water partition coefficient (Wildman–Crippen LogP) is 3.87. The van der Waals surface area contributed by atoms with E-state index in [1.165, 1.54) is 12.1 Å². The van der Waals surface area contributed by atoms with Crippen molar-refractivity contribution in [2.75, 3.05) is 5.32 Å². The molecule has 1 aromatic heterocycles. The van der Waals surface area contributed by atoms with Crippen molar-refractivity contribution in [3.63, 3.8) is 0 Å². The predicted molar refractivity (Wildman–Crippen MR) is 73.8 cm³/mol. The van der Waals surface area contributed by atoms with Crippen molar-refractivity contribution in [2.24, 2.45) is 0 Å². The second-order valence-electron chi connectivity index (χ2n) is 4.35. The third kappa shape index (κ3) is 4.04. The zero-order valence-corrected chi connectivity index (χ0v) is 11.9. The first-order valence-electron chi connectivity index (χ1n) is 6.02. The Kier molecular flexibility index (Phi) is 4.65. The summed E-state index contributed by atoms with van der Waals surface area (Å²) < 4.78 is 51.6. The third-order valence-electron chi connectivity index (χ3n) is 2.76. The summed E-state index contributed by atoms with van der Waals surface area (Å²) in [5.74, 6) is -2.32. The Balaban J connectivity index is 2.29. The van der Waals surface area contributed by atoms with Gasteiger partial charge in [0.05, 0.1) is 16.7 Å². The van der Waals surface area contributed by atoms with Crippen molar-refractivity contribution < 1.29 is 27.2 Å². The summed E-state index contributed by atoms with van der Waals surface area (Å²) in [7, 11) is 0. The zero-order valence-electron chi connectivity index (χ0n) is 11.1. The van der Waals surface area contributed by atoms with E-state index in [2.05, 4.69) is 10.3 Å². The molecule has 0 unspecified atom stereocenters. The fraction of sp³-hybridized carbons (Fsp3) is 0.0714. The lowest BCUT2D eigenvalue weighted by molar-refractivity contribution is -0.138. The number of halogens is 5. The Morgan fingerprint density at radius 1 is 1.13 bits per heavy atom. The van der Waals surface area contributed by atoms with Crippen LogP contribution in [0.2, 0.25) is 0 Å². The number of benzene rings is 1. The quantitative estimate of drug-likeness (QED) is 0.678. The normalized spacial score (nSPS) is 11.2. The Morgan fingerprint density at radius 2 is 1.83 bits per heavy atom. The van der Waals surface area contributed by atoms with Crippen LogP contribution in [-0.4, -0.2) is 16.1 Å². The van der Waals surface area contributed by atoms with Crippen LogP contribution in [0.15, 0.2) is 36.5 Å². The highest BCUT2D eigenvalue weighted by Crippen LogP contribution is 2.32. The van der Waals surface area contributed by atoms with Gasteiger partial charge in [-0.25, -0.2) is 9.37 Å². The summed E-state index contributed by atoms with van der Waals surface area (Å²) in [6, 6.07) is 4.15. The van der Waals surface area contributed by atoms with Crippen LogP contribution in [0.4, 0.5) is 23.4 Å². The van der Waals surface area contributed by atoms with E-state index < -0.39 is 34.3 Å².